The molecule has 0 unspecified atom stereocenters. The molecule has 3 aromatic rings. The minimum Gasteiger partial charge on any atom is -0.336 e. The van der Waals surface area contributed by atoms with E-state index in [9.17, 15) is 4.79 Å². The van der Waals surface area contributed by atoms with Crippen LogP contribution < -0.4 is 5.32 Å². The van der Waals surface area contributed by atoms with Gasteiger partial charge in [0.1, 0.15) is 0 Å². The van der Waals surface area contributed by atoms with Gasteiger partial charge in [0, 0.05) is 67.8 Å². The van der Waals surface area contributed by atoms with E-state index >= 15 is 0 Å². The molecule has 2 aromatic carbocycles. The fourth-order valence-electron chi connectivity index (χ4n) is 3.89. The van der Waals surface area contributed by atoms with Crippen LogP contribution in [-0.4, -0.2) is 76.4 Å². The topological polar surface area (TPSA) is 64.6 Å². The number of carbonyl (C=O) groups is 1. The molecule has 7 nitrogen and oxygen atoms in total. The molecule has 2 heterocycles. The SMILES string of the molecule is CN(Cl)CCCN1CCN(C(=O)c2ccc(Nc3nccc(-c4ccc(Cl)cc4)n3)cc2)CC1. The van der Waals surface area contributed by atoms with Crippen molar-refractivity contribution in [2.75, 3.05) is 51.6 Å². The highest BCUT2D eigenvalue weighted by atomic mass is 35.5. The number of carbonyl (C=O) groups excluding carboxylic acids is 1. The summed E-state index contributed by atoms with van der Waals surface area (Å²) in [4.78, 5) is 26.1. The lowest BCUT2D eigenvalue weighted by Gasteiger charge is -2.35. The Morgan fingerprint density at radius 1 is 1.03 bits per heavy atom. The van der Waals surface area contributed by atoms with Crippen LogP contribution >= 0.6 is 23.4 Å². The third-order valence-electron chi connectivity index (χ3n) is 5.78. The number of nitrogens with zero attached hydrogens (tertiary/aromatic N) is 5. The third-order valence-corrected chi connectivity index (χ3v) is 6.20. The van der Waals surface area contributed by atoms with Crippen LogP contribution in [0.3, 0.4) is 0 Å². The normalized spacial score (nSPS) is 14.4. The van der Waals surface area contributed by atoms with E-state index in [4.69, 9.17) is 23.4 Å². The maximum absolute atomic E-state index is 12.9. The van der Waals surface area contributed by atoms with Crippen LogP contribution in [0.2, 0.25) is 5.02 Å². The van der Waals surface area contributed by atoms with Crippen molar-refractivity contribution < 1.29 is 4.79 Å². The summed E-state index contributed by atoms with van der Waals surface area (Å²) in [5, 5.41) is 3.89. The number of amides is 1. The second-order valence-electron chi connectivity index (χ2n) is 8.29. The number of hydrogen-bond acceptors (Lipinski definition) is 6. The minimum atomic E-state index is 0.0627. The van der Waals surface area contributed by atoms with Gasteiger partial charge in [0.15, 0.2) is 0 Å². The highest BCUT2D eigenvalue weighted by Crippen LogP contribution is 2.22. The average Bonchev–Trinajstić information content (AvgIpc) is 2.85. The van der Waals surface area contributed by atoms with Gasteiger partial charge in [-0.25, -0.2) is 14.4 Å². The van der Waals surface area contributed by atoms with Gasteiger partial charge in [0.2, 0.25) is 5.95 Å². The van der Waals surface area contributed by atoms with Gasteiger partial charge in [0.05, 0.1) is 5.69 Å². The molecule has 1 amide bonds. The van der Waals surface area contributed by atoms with E-state index in [1.54, 1.807) is 10.6 Å². The second kappa shape index (κ2) is 11.6. The zero-order valence-corrected chi connectivity index (χ0v) is 20.6. The third kappa shape index (κ3) is 6.67. The molecule has 1 aliphatic heterocycles. The van der Waals surface area contributed by atoms with Crippen molar-refractivity contribution in [1.82, 2.24) is 24.2 Å². The number of rotatable bonds is 8. The maximum atomic E-state index is 12.9. The molecule has 1 saturated heterocycles. The van der Waals surface area contributed by atoms with Crippen LogP contribution in [0, 0.1) is 0 Å². The number of halogens is 2. The molecule has 1 fully saturated rings. The van der Waals surface area contributed by atoms with Crippen LogP contribution in [0.15, 0.2) is 60.8 Å². The van der Waals surface area contributed by atoms with Gasteiger partial charge in [-0.1, -0.05) is 23.7 Å². The average molecular weight is 499 g/mol. The van der Waals surface area contributed by atoms with E-state index in [0.29, 0.717) is 16.5 Å². The Hall–Kier alpha value is -2.71. The van der Waals surface area contributed by atoms with E-state index in [1.165, 1.54) is 0 Å². The molecule has 178 valence electrons. The number of anilines is 2. The summed E-state index contributed by atoms with van der Waals surface area (Å²) in [6.45, 7) is 5.11. The first-order chi connectivity index (χ1) is 16.5. The summed E-state index contributed by atoms with van der Waals surface area (Å²) in [6.07, 6.45) is 2.74. The molecule has 0 bridgehead atoms. The first-order valence-electron chi connectivity index (χ1n) is 11.3. The van der Waals surface area contributed by atoms with Crippen molar-refractivity contribution in [3.8, 4) is 11.3 Å². The Bertz CT molecular complexity index is 1080. The number of nitrogens with one attached hydrogen (secondary N) is 1. The number of benzene rings is 2. The van der Waals surface area contributed by atoms with Crippen molar-refractivity contribution in [3.05, 3.63) is 71.4 Å². The Morgan fingerprint density at radius 2 is 1.74 bits per heavy atom. The quantitative estimate of drug-likeness (QED) is 0.451. The molecule has 0 radical (unpaired) electrons. The first-order valence-corrected chi connectivity index (χ1v) is 12.0. The molecule has 0 saturated carbocycles. The molecule has 1 N–H and O–H groups in total. The van der Waals surface area contributed by atoms with E-state index < -0.39 is 0 Å². The Morgan fingerprint density at radius 3 is 2.41 bits per heavy atom. The number of aromatic nitrogens is 2. The highest BCUT2D eigenvalue weighted by Gasteiger charge is 2.22. The second-order valence-corrected chi connectivity index (χ2v) is 9.30. The Balaban J connectivity index is 1.32. The molecule has 0 spiro atoms. The van der Waals surface area contributed by atoms with Gasteiger partial charge in [0.25, 0.3) is 5.91 Å². The number of piperazine rings is 1. The fourth-order valence-corrected chi connectivity index (χ4v) is 4.14. The standard InChI is InChI=1S/C25H28Cl2N6O/c1-31(27)13-2-14-32-15-17-33(18-16-32)24(34)20-5-9-22(10-6-20)29-25-28-12-11-23(30-25)19-3-7-21(26)8-4-19/h3-12H,2,13-18H2,1H3,(H,28,29,30). The summed E-state index contributed by atoms with van der Waals surface area (Å²) in [6, 6.07) is 16.8. The molecule has 4 rings (SSSR count). The maximum Gasteiger partial charge on any atom is 0.253 e. The fraction of sp³-hybridized carbons (Fsp3) is 0.320. The predicted molar refractivity (Wildman–Crippen MR) is 138 cm³/mol. The summed E-state index contributed by atoms with van der Waals surface area (Å²) in [5.74, 6) is 0.552. The smallest absolute Gasteiger partial charge is 0.253 e. The van der Waals surface area contributed by atoms with Crippen molar-refractivity contribution in [2.45, 2.75) is 6.42 Å². The van der Waals surface area contributed by atoms with Gasteiger partial charge >= 0.3 is 0 Å². The van der Waals surface area contributed by atoms with Crippen LogP contribution in [0.1, 0.15) is 16.8 Å². The van der Waals surface area contributed by atoms with Crippen molar-refractivity contribution in [3.63, 3.8) is 0 Å². The van der Waals surface area contributed by atoms with Crippen LogP contribution in [-0.2, 0) is 0 Å². The van der Waals surface area contributed by atoms with E-state index in [0.717, 1.165) is 62.6 Å². The molecule has 1 aromatic heterocycles. The molecule has 0 aliphatic carbocycles. The highest BCUT2D eigenvalue weighted by molar-refractivity contribution is 6.30. The zero-order valence-electron chi connectivity index (χ0n) is 19.1. The largest absolute Gasteiger partial charge is 0.336 e. The van der Waals surface area contributed by atoms with Crippen molar-refractivity contribution in [2.24, 2.45) is 0 Å². The first kappa shape index (κ1) is 24.4. The lowest BCUT2D eigenvalue weighted by Crippen LogP contribution is -2.49. The summed E-state index contributed by atoms with van der Waals surface area (Å²) in [5.41, 5.74) is 3.26. The predicted octanol–water partition coefficient (Wildman–Crippen LogP) is 4.77. The van der Waals surface area contributed by atoms with Crippen LogP contribution in [0.5, 0.6) is 0 Å². The molecule has 1 aliphatic rings. The summed E-state index contributed by atoms with van der Waals surface area (Å²) >= 11 is 11.8. The lowest BCUT2D eigenvalue weighted by atomic mass is 10.1. The minimum absolute atomic E-state index is 0.0627. The number of hydrogen-bond donors (Lipinski definition) is 1. The Kier molecular flexibility index (Phi) is 8.34. The molecular weight excluding hydrogens is 471 g/mol. The van der Waals surface area contributed by atoms with E-state index in [2.05, 4.69) is 20.2 Å². The van der Waals surface area contributed by atoms with Gasteiger partial charge < -0.3 is 10.2 Å². The van der Waals surface area contributed by atoms with Gasteiger partial charge in [-0.15, -0.1) is 0 Å². The van der Waals surface area contributed by atoms with Gasteiger partial charge in [-0.3, -0.25) is 9.69 Å². The van der Waals surface area contributed by atoms with Crippen LogP contribution in [0.25, 0.3) is 11.3 Å². The van der Waals surface area contributed by atoms with E-state index in [1.807, 2.05) is 66.5 Å². The van der Waals surface area contributed by atoms with Crippen molar-refractivity contribution >= 4 is 40.9 Å². The Labute approximate surface area is 210 Å². The molecule has 0 atom stereocenters. The van der Waals surface area contributed by atoms with Gasteiger partial charge in [-0.2, -0.15) is 0 Å². The molecule has 34 heavy (non-hydrogen) atoms. The van der Waals surface area contributed by atoms with Crippen LogP contribution in [0.4, 0.5) is 11.6 Å². The molecule has 9 heteroatoms. The zero-order chi connectivity index (χ0) is 23.9. The summed E-state index contributed by atoms with van der Waals surface area (Å²) in [7, 11) is 1.87. The van der Waals surface area contributed by atoms with E-state index in [-0.39, 0.29) is 5.91 Å². The lowest BCUT2D eigenvalue weighted by molar-refractivity contribution is 0.0635. The monoisotopic (exact) mass is 498 g/mol. The summed E-state index contributed by atoms with van der Waals surface area (Å²) < 4.78 is 1.68. The van der Waals surface area contributed by atoms with Crippen molar-refractivity contribution in [1.29, 1.82) is 0 Å². The molecular formula is C25H28Cl2N6O. The van der Waals surface area contributed by atoms with Gasteiger partial charge in [-0.05, 0) is 67.2 Å².